The molecular formula is C9H15F3N2OS. The molecule has 0 heterocycles. The molecule has 7 heteroatoms. The van der Waals surface area contributed by atoms with Crippen molar-refractivity contribution in [3.8, 4) is 6.07 Å². The minimum absolute atomic E-state index is 0.398. The van der Waals surface area contributed by atoms with Gasteiger partial charge in [0.15, 0.2) is 6.10 Å². The van der Waals surface area contributed by atoms with Gasteiger partial charge in [-0.2, -0.15) is 18.4 Å². The molecule has 3 nitrogen and oxygen atoms in total. The Kier molecular flexibility index (Phi) is 7.55. The minimum atomic E-state index is -4.55. The van der Waals surface area contributed by atoms with Crippen molar-refractivity contribution in [3.63, 3.8) is 0 Å². The van der Waals surface area contributed by atoms with E-state index in [1.807, 2.05) is 6.07 Å². The van der Waals surface area contributed by atoms with E-state index < -0.39 is 18.8 Å². The summed E-state index contributed by atoms with van der Waals surface area (Å²) in [7, 11) is 1.53. The average molecular weight is 256 g/mol. The van der Waals surface area contributed by atoms with Crippen LogP contribution in [-0.4, -0.2) is 53.9 Å². The number of hydrogen-bond acceptors (Lipinski definition) is 4. The molecule has 94 valence electrons. The van der Waals surface area contributed by atoms with Gasteiger partial charge in [-0.1, -0.05) is 0 Å². The van der Waals surface area contributed by atoms with Gasteiger partial charge in [0.2, 0.25) is 0 Å². The lowest BCUT2D eigenvalue weighted by Crippen LogP contribution is -2.39. The van der Waals surface area contributed by atoms with Crippen LogP contribution in [-0.2, 0) is 0 Å². The van der Waals surface area contributed by atoms with Crippen molar-refractivity contribution in [2.75, 3.05) is 31.6 Å². The topological polar surface area (TPSA) is 47.3 Å². The Morgan fingerprint density at radius 3 is 2.62 bits per heavy atom. The fourth-order valence-electron chi connectivity index (χ4n) is 1.04. The summed E-state index contributed by atoms with van der Waals surface area (Å²) in [6.45, 7) is 0.0674. The molecule has 0 aromatic rings. The third-order valence-electron chi connectivity index (χ3n) is 1.86. The molecular weight excluding hydrogens is 241 g/mol. The standard InChI is InChI=1S/C9H15F3N2OS/c1-14(4-2-5-16-6-3-13)7-8(15)9(10,11)12/h8,15H,2,4-7H2,1H3. The van der Waals surface area contributed by atoms with E-state index in [0.29, 0.717) is 18.7 Å². The highest BCUT2D eigenvalue weighted by atomic mass is 32.2. The smallest absolute Gasteiger partial charge is 0.382 e. The Labute approximate surface area is 97.2 Å². The molecule has 0 amide bonds. The van der Waals surface area contributed by atoms with Crippen molar-refractivity contribution in [1.29, 1.82) is 5.26 Å². The summed E-state index contributed by atoms with van der Waals surface area (Å²) in [5, 5.41) is 17.0. The summed E-state index contributed by atoms with van der Waals surface area (Å²) < 4.78 is 35.9. The first kappa shape index (κ1) is 15.6. The van der Waals surface area contributed by atoms with Gasteiger partial charge in [-0.3, -0.25) is 0 Å². The molecule has 0 bridgehead atoms. The van der Waals surface area contributed by atoms with E-state index in [9.17, 15) is 13.2 Å². The zero-order valence-electron chi connectivity index (χ0n) is 9.00. The maximum atomic E-state index is 12.0. The van der Waals surface area contributed by atoms with Crippen molar-refractivity contribution in [2.24, 2.45) is 0 Å². The number of alkyl halides is 3. The molecule has 0 aliphatic rings. The van der Waals surface area contributed by atoms with Gasteiger partial charge in [0, 0.05) is 6.54 Å². The Morgan fingerprint density at radius 2 is 2.12 bits per heavy atom. The van der Waals surface area contributed by atoms with E-state index >= 15 is 0 Å². The highest BCUT2D eigenvalue weighted by Crippen LogP contribution is 2.20. The summed E-state index contributed by atoms with van der Waals surface area (Å²) in [6.07, 6.45) is -6.14. The molecule has 0 saturated heterocycles. The van der Waals surface area contributed by atoms with E-state index in [0.717, 1.165) is 5.75 Å². The Balaban J connectivity index is 3.59. The number of aliphatic hydroxyl groups is 1. The number of hydrogen-bond donors (Lipinski definition) is 1. The number of thioether (sulfide) groups is 1. The third-order valence-corrected chi connectivity index (χ3v) is 2.77. The highest BCUT2D eigenvalue weighted by Gasteiger charge is 2.38. The first-order valence-electron chi connectivity index (χ1n) is 4.76. The highest BCUT2D eigenvalue weighted by molar-refractivity contribution is 7.99. The van der Waals surface area contributed by atoms with Crippen molar-refractivity contribution < 1.29 is 18.3 Å². The number of nitriles is 1. The maximum Gasteiger partial charge on any atom is 0.415 e. The van der Waals surface area contributed by atoms with Gasteiger partial charge in [-0.15, -0.1) is 11.8 Å². The summed E-state index contributed by atoms with van der Waals surface area (Å²) >= 11 is 1.45. The van der Waals surface area contributed by atoms with Gasteiger partial charge < -0.3 is 10.0 Å². The van der Waals surface area contributed by atoms with Gasteiger partial charge in [-0.05, 0) is 25.8 Å². The van der Waals surface area contributed by atoms with Crippen LogP contribution in [0, 0.1) is 11.3 Å². The van der Waals surface area contributed by atoms with Crippen LogP contribution in [0.3, 0.4) is 0 Å². The molecule has 0 fully saturated rings. The molecule has 0 spiro atoms. The van der Waals surface area contributed by atoms with Crippen LogP contribution in [0.5, 0.6) is 0 Å². The second-order valence-electron chi connectivity index (χ2n) is 3.38. The normalized spacial score (nSPS) is 13.8. The van der Waals surface area contributed by atoms with Crippen molar-refractivity contribution >= 4 is 11.8 Å². The second-order valence-corrected chi connectivity index (χ2v) is 4.49. The fraction of sp³-hybridized carbons (Fsp3) is 0.889. The molecule has 0 saturated carbocycles. The first-order chi connectivity index (χ1) is 7.38. The lowest BCUT2D eigenvalue weighted by molar-refractivity contribution is -0.207. The van der Waals surface area contributed by atoms with Crippen LogP contribution in [0.4, 0.5) is 13.2 Å². The summed E-state index contributed by atoms with van der Waals surface area (Å²) in [5.74, 6) is 1.13. The van der Waals surface area contributed by atoms with Crippen LogP contribution in [0.1, 0.15) is 6.42 Å². The fourth-order valence-corrected chi connectivity index (χ4v) is 1.61. The predicted molar refractivity (Wildman–Crippen MR) is 57.1 cm³/mol. The van der Waals surface area contributed by atoms with Crippen molar-refractivity contribution in [3.05, 3.63) is 0 Å². The summed E-state index contributed by atoms with van der Waals surface area (Å²) in [5.41, 5.74) is 0. The number of aliphatic hydroxyl groups excluding tert-OH is 1. The molecule has 1 unspecified atom stereocenters. The van der Waals surface area contributed by atoms with Gasteiger partial charge >= 0.3 is 6.18 Å². The van der Waals surface area contributed by atoms with E-state index in [-0.39, 0.29) is 0 Å². The predicted octanol–water partition coefficient (Wildman–Crippen LogP) is 1.49. The quantitative estimate of drug-likeness (QED) is 0.701. The third kappa shape index (κ3) is 7.79. The molecule has 0 aromatic heterocycles. The van der Waals surface area contributed by atoms with Gasteiger partial charge in [0.25, 0.3) is 0 Å². The van der Waals surface area contributed by atoms with E-state index in [4.69, 9.17) is 10.4 Å². The van der Waals surface area contributed by atoms with Crippen LogP contribution >= 0.6 is 11.8 Å². The molecule has 0 aromatic carbocycles. The zero-order valence-corrected chi connectivity index (χ0v) is 9.81. The minimum Gasteiger partial charge on any atom is -0.382 e. The first-order valence-corrected chi connectivity index (χ1v) is 5.91. The van der Waals surface area contributed by atoms with Crippen LogP contribution in [0.25, 0.3) is 0 Å². The van der Waals surface area contributed by atoms with Crippen molar-refractivity contribution in [2.45, 2.75) is 18.7 Å². The molecule has 0 aliphatic heterocycles. The van der Waals surface area contributed by atoms with Crippen LogP contribution < -0.4 is 0 Å². The number of halogens is 3. The number of rotatable bonds is 7. The number of likely N-dealkylation sites (N-methyl/N-ethyl adjacent to an activating group) is 1. The van der Waals surface area contributed by atoms with Crippen molar-refractivity contribution in [1.82, 2.24) is 4.90 Å². The molecule has 0 aliphatic carbocycles. The Bertz CT molecular complexity index is 230. The van der Waals surface area contributed by atoms with Crippen LogP contribution in [0.15, 0.2) is 0 Å². The molecule has 1 atom stereocenters. The van der Waals surface area contributed by atoms with Crippen LogP contribution in [0.2, 0.25) is 0 Å². The zero-order chi connectivity index (χ0) is 12.6. The van der Waals surface area contributed by atoms with Gasteiger partial charge in [0.05, 0.1) is 11.8 Å². The maximum absolute atomic E-state index is 12.0. The van der Waals surface area contributed by atoms with E-state index in [1.165, 1.54) is 23.7 Å². The van der Waals surface area contributed by atoms with E-state index in [2.05, 4.69) is 0 Å². The Hall–Kier alpha value is -0.450. The summed E-state index contributed by atoms with van der Waals surface area (Å²) in [4.78, 5) is 1.44. The molecule has 1 N–H and O–H groups in total. The van der Waals surface area contributed by atoms with Gasteiger partial charge in [0.1, 0.15) is 0 Å². The molecule has 0 radical (unpaired) electrons. The van der Waals surface area contributed by atoms with Gasteiger partial charge in [-0.25, -0.2) is 0 Å². The monoisotopic (exact) mass is 256 g/mol. The summed E-state index contributed by atoms with van der Waals surface area (Å²) in [6, 6.07) is 1.97. The molecule has 0 rings (SSSR count). The SMILES string of the molecule is CN(CCCSCC#N)CC(O)C(F)(F)F. The molecule has 16 heavy (non-hydrogen) atoms. The largest absolute Gasteiger partial charge is 0.415 e. The second kappa shape index (κ2) is 7.76. The Morgan fingerprint density at radius 1 is 1.50 bits per heavy atom. The lowest BCUT2D eigenvalue weighted by Gasteiger charge is -2.21. The average Bonchev–Trinajstić information content (AvgIpc) is 2.16. The van der Waals surface area contributed by atoms with E-state index in [1.54, 1.807) is 0 Å². The lowest BCUT2D eigenvalue weighted by atomic mass is 10.3. The number of nitrogens with zero attached hydrogens (tertiary/aromatic N) is 2.